The summed E-state index contributed by atoms with van der Waals surface area (Å²) in [6, 6.07) is 1.32. The predicted octanol–water partition coefficient (Wildman–Crippen LogP) is 3.70. The molecule has 120 valence electrons. The average molecular weight is 309 g/mol. The molecule has 0 amide bonds. The summed E-state index contributed by atoms with van der Waals surface area (Å²) >= 11 is 0. The summed E-state index contributed by atoms with van der Waals surface area (Å²) < 4.78 is 54.6. The van der Waals surface area contributed by atoms with Crippen LogP contribution in [0.3, 0.4) is 0 Å². The smallest absolute Gasteiger partial charge is 0.340 e. The van der Waals surface area contributed by atoms with Gasteiger partial charge in [-0.25, -0.2) is 13.8 Å². The molecule has 1 N–H and O–H groups in total. The van der Waals surface area contributed by atoms with Crippen LogP contribution in [0, 0.1) is 0 Å². The van der Waals surface area contributed by atoms with Crippen LogP contribution in [0.5, 0.6) is 5.88 Å². The lowest BCUT2D eigenvalue weighted by Crippen LogP contribution is -2.34. The minimum Gasteiger partial charge on any atom is -0.471 e. The maximum atomic E-state index is 12.9. The summed E-state index contributed by atoms with van der Waals surface area (Å²) in [5, 5.41) is 2.98. The van der Waals surface area contributed by atoms with Crippen molar-refractivity contribution in [2.45, 2.75) is 45.5 Å². The van der Waals surface area contributed by atoms with Crippen LogP contribution in [0.25, 0.3) is 0 Å². The SMILES string of the molecule is CCCNc1cc(OCC(F)(F)C(F)F)nc(C(C)C)n1. The molecule has 1 heterocycles. The number of hydrogen-bond acceptors (Lipinski definition) is 4. The zero-order valence-corrected chi connectivity index (χ0v) is 12.2. The van der Waals surface area contributed by atoms with Crippen molar-refractivity contribution < 1.29 is 22.3 Å². The van der Waals surface area contributed by atoms with Crippen LogP contribution < -0.4 is 10.1 Å². The standard InChI is InChI=1S/C13H19F4N3O/c1-4-5-18-9-6-10(20-11(19-9)8(2)3)21-7-13(16,17)12(14)15/h6,8,12H,4-5,7H2,1-3H3,(H,18,19,20). The minimum absolute atomic E-state index is 0.0497. The van der Waals surface area contributed by atoms with E-state index in [0.717, 1.165) is 6.42 Å². The lowest BCUT2D eigenvalue weighted by atomic mass is 10.2. The normalized spacial score (nSPS) is 12.0. The number of nitrogens with one attached hydrogen (secondary N) is 1. The molecule has 0 aliphatic carbocycles. The first-order valence-corrected chi connectivity index (χ1v) is 6.68. The van der Waals surface area contributed by atoms with E-state index in [9.17, 15) is 17.6 Å². The number of halogens is 4. The highest BCUT2D eigenvalue weighted by Gasteiger charge is 2.41. The van der Waals surface area contributed by atoms with Crippen LogP contribution in [0.4, 0.5) is 23.4 Å². The monoisotopic (exact) mass is 309 g/mol. The van der Waals surface area contributed by atoms with Crippen molar-refractivity contribution in [1.82, 2.24) is 9.97 Å². The highest BCUT2D eigenvalue weighted by molar-refractivity contribution is 5.38. The Morgan fingerprint density at radius 2 is 1.95 bits per heavy atom. The van der Waals surface area contributed by atoms with Crippen LogP contribution in [0.2, 0.25) is 0 Å². The van der Waals surface area contributed by atoms with Crippen LogP contribution in [-0.2, 0) is 0 Å². The van der Waals surface area contributed by atoms with Crippen LogP contribution >= 0.6 is 0 Å². The van der Waals surface area contributed by atoms with Gasteiger partial charge in [-0.2, -0.15) is 13.8 Å². The van der Waals surface area contributed by atoms with Gasteiger partial charge in [-0.1, -0.05) is 20.8 Å². The van der Waals surface area contributed by atoms with Crippen molar-refractivity contribution in [3.8, 4) is 5.88 Å². The first-order chi connectivity index (χ1) is 9.76. The van der Waals surface area contributed by atoms with E-state index in [-0.39, 0.29) is 11.8 Å². The van der Waals surface area contributed by atoms with Crippen LogP contribution in [-0.4, -0.2) is 35.5 Å². The van der Waals surface area contributed by atoms with Crippen molar-refractivity contribution in [1.29, 1.82) is 0 Å². The van der Waals surface area contributed by atoms with E-state index >= 15 is 0 Å². The Kier molecular flexibility index (Phi) is 6.17. The molecule has 0 saturated carbocycles. The third kappa shape index (κ3) is 5.35. The van der Waals surface area contributed by atoms with Crippen molar-refractivity contribution in [3.05, 3.63) is 11.9 Å². The summed E-state index contributed by atoms with van der Waals surface area (Å²) in [6.45, 7) is 4.83. The fraction of sp³-hybridized carbons (Fsp3) is 0.692. The molecule has 0 aliphatic heterocycles. The van der Waals surface area contributed by atoms with E-state index in [1.165, 1.54) is 6.07 Å². The Morgan fingerprint density at radius 1 is 1.29 bits per heavy atom. The van der Waals surface area contributed by atoms with Gasteiger partial charge < -0.3 is 10.1 Å². The van der Waals surface area contributed by atoms with Gasteiger partial charge in [0.05, 0.1) is 0 Å². The van der Waals surface area contributed by atoms with E-state index < -0.39 is 19.0 Å². The predicted molar refractivity (Wildman–Crippen MR) is 71.3 cm³/mol. The summed E-state index contributed by atoms with van der Waals surface area (Å²) in [5.41, 5.74) is 0. The Labute approximate surface area is 120 Å². The highest BCUT2D eigenvalue weighted by Crippen LogP contribution is 2.25. The molecule has 0 unspecified atom stereocenters. The van der Waals surface area contributed by atoms with Gasteiger partial charge in [-0.15, -0.1) is 0 Å². The largest absolute Gasteiger partial charge is 0.471 e. The molecular weight excluding hydrogens is 290 g/mol. The molecule has 1 rings (SSSR count). The Hall–Kier alpha value is -1.60. The Morgan fingerprint density at radius 3 is 2.48 bits per heavy atom. The van der Waals surface area contributed by atoms with Gasteiger partial charge in [-0.05, 0) is 6.42 Å². The molecule has 0 saturated heterocycles. The van der Waals surface area contributed by atoms with E-state index in [1.54, 1.807) is 0 Å². The summed E-state index contributed by atoms with van der Waals surface area (Å²) in [7, 11) is 0. The molecule has 0 aromatic carbocycles. The second kappa shape index (κ2) is 7.42. The maximum Gasteiger partial charge on any atom is 0.340 e. The zero-order chi connectivity index (χ0) is 16.0. The van der Waals surface area contributed by atoms with Gasteiger partial charge in [0.1, 0.15) is 11.6 Å². The molecule has 0 aliphatic rings. The third-order valence-corrected chi connectivity index (χ3v) is 2.52. The number of anilines is 1. The number of alkyl halides is 4. The molecular formula is C13H19F4N3O. The Balaban J connectivity index is 2.87. The van der Waals surface area contributed by atoms with Crippen molar-refractivity contribution in [3.63, 3.8) is 0 Å². The van der Waals surface area contributed by atoms with Gasteiger partial charge >= 0.3 is 12.3 Å². The molecule has 0 bridgehead atoms. The van der Waals surface area contributed by atoms with Gasteiger partial charge in [0.25, 0.3) is 0 Å². The number of nitrogens with zero attached hydrogens (tertiary/aromatic N) is 2. The topological polar surface area (TPSA) is 47.0 Å². The zero-order valence-electron chi connectivity index (χ0n) is 12.2. The number of hydrogen-bond donors (Lipinski definition) is 1. The number of aromatic nitrogens is 2. The lowest BCUT2D eigenvalue weighted by Gasteiger charge is -2.17. The molecule has 0 radical (unpaired) electrons. The Bertz CT molecular complexity index is 455. The van der Waals surface area contributed by atoms with Gasteiger partial charge in [0, 0.05) is 18.5 Å². The second-order valence-electron chi connectivity index (χ2n) is 4.88. The van der Waals surface area contributed by atoms with Crippen LogP contribution in [0.15, 0.2) is 6.07 Å². The quantitative estimate of drug-likeness (QED) is 0.744. The minimum atomic E-state index is -4.21. The van der Waals surface area contributed by atoms with Crippen LogP contribution in [0.1, 0.15) is 38.9 Å². The third-order valence-electron chi connectivity index (χ3n) is 2.52. The first kappa shape index (κ1) is 17.5. The number of rotatable bonds is 8. The molecule has 0 spiro atoms. The van der Waals surface area contributed by atoms with Gasteiger partial charge in [0.2, 0.25) is 5.88 Å². The highest BCUT2D eigenvalue weighted by atomic mass is 19.3. The summed E-state index contributed by atoms with van der Waals surface area (Å²) in [6.07, 6.45) is -2.93. The van der Waals surface area contributed by atoms with Crippen molar-refractivity contribution in [2.75, 3.05) is 18.5 Å². The lowest BCUT2D eigenvalue weighted by molar-refractivity contribution is -0.148. The van der Waals surface area contributed by atoms with Gasteiger partial charge in [0.15, 0.2) is 6.61 Å². The van der Waals surface area contributed by atoms with E-state index in [0.29, 0.717) is 18.2 Å². The molecule has 1 aromatic heterocycles. The fourth-order valence-corrected chi connectivity index (χ4v) is 1.35. The maximum absolute atomic E-state index is 12.9. The second-order valence-corrected chi connectivity index (χ2v) is 4.88. The number of ether oxygens (including phenoxy) is 1. The van der Waals surface area contributed by atoms with E-state index in [1.807, 2.05) is 20.8 Å². The van der Waals surface area contributed by atoms with Crippen molar-refractivity contribution >= 4 is 5.82 Å². The van der Waals surface area contributed by atoms with Gasteiger partial charge in [-0.3, -0.25) is 0 Å². The summed E-state index contributed by atoms with van der Waals surface area (Å²) in [4.78, 5) is 8.16. The first-order valence-electron chi connectivity index (χ1n) is 6.68. The molecule has 1 aromatic rings. The van der Waals surface area contributed by atoms with E-state index in [2.05, 4.69) is 15.3 Å². The van der Waals surface area contributed by atoms with Crippen molar-refractivity contribution in [2.24, 2.45) is 0 Å². The molecule has 8 heteroatoms. The molecule has 4 nitrogen and oxygen atoms in total. The molecule has 21 heavy (non-hydrogen) atoms. The summed E-state index contributed by atoms with van der Waals surface area (Å²) in [5.74, 6) is -3.59. The fourth-order valence-electron chi connectivity index (χ4n) is 1.35. The molecule has 0 atom stereocenters. The average Bonchev–Trinajstić information content (AvgIpc) is 2.42. The van der Waals surface area contributed by atoms with E-state index in [4.69, 9.17) is 4.74 Å². The molecule has 0 fully saturated rings.